The van der Waals surface area contributed by atoms with Gasteiger partial charge in [0.25, 0.3) is 5.91 Å². The Hall–Kier alpha value is -5.70. The van der Waals surface area contributed by atoms with Crippen LogP contribution in [0, 0.1) is 12.7 Å². The van der Waals surface area contributed by atoms with Crippen molar-refractivity contribution in [1.82, 2.24) is 9.88 Å². The van der Waals surface area contributed by atoms with Crippen LogP contribution in [-0.2, 0) is 11.3 Å². The molecule has 2 heterocycles. The molecule has 4 aromatic carbocycles. The number of hydrogen-bond acceptors (Lipinski definition) is 6. The fourth-order valence-corrected chi connectivity index (χ4v) is 6.27. The quantitative estimate of drug-likeness (QED) is 0.159. The molecular formula is C39H38FN5O3. The van der Waals surface area contributed by atoms with Crippen molar-refractivity contribution in [3.8, 4) is 11.1 Å². The van der Waals surface area contributed by atoms with E-state index >= 15 is 0 Å². The topological polar surface area (TPSA) is 103 Å². The molecular weight excluding hydrogens is 605 g/mol. The summed E-state index contributed by atoms with van der Waals surface area (Å²) in [5.41, 5.74) is 14.2. The number of nitrogens with zero attached hydrogens (tertiary/aromatic N) is 4. The number of carbonyl (C=O) groups is 2. The van der Waals surface area contributed by atoms with Crippen molar-refractivity contribution in [2.75, 3.05) is 41.7 Å². The minimum absolute atomic E-state index is 0.194. The molecule has 1 fully saturated rings. The Morgan fingerprint density at radius 2 is 1.58 bits per heavy atom. The van der Waals surface area contributed by atoms with Crippen LogP contribution in [-0.4, -0.2) is 53.0 Å². The number of carboxylic acids is 1. The van der Waals surface area contributed by atoms with Crippen molar-refractivity contribution in [3.63, 3.8) is 0 Å². The molecule has 3 N–H and O–H groups in total. The Balaban J connectivity index is 1.24. The van der Waals surface area contributed by atoms with E-state index < -0.39 is 12.0 Å². The molecule has 1 saturated heterocycles. The molecule has 0 saturated carbocycles. The van der Waals surface area contributed by atoms with Crippen molar-refractivity contribution in [2.45, 2.75) is 25.9 Å². The van der Waals surface area contributed by atoms with E-state index in [1.165, 1.54) is 18.3 Å². The highest BCUT2D eigenvalue weighted by molar-refractivity contribution is 5.94. The summed E-state index contributed by atoms with van der Waals surface area (Å²) in [6, 6.07) is 30.9. The molecule has 9 heteroatoms. The van der Waals surface area contributed by atoms with E-state index in [-0.39, 0.29) is 24.7 Å². The van der Waals surface area contributed by atoms with E-state index in [9.17, 15) is 19.1 Å². The maximum Gasteiger partial charge on any atom is 0.305 e. The molecule has 0 aliphatic carbocycles. The third-order valence-corrected chi connectivity index (χ3v) is 8.83. The molecule has 1 aliphatic rings. The lowest BCUT2D eigenvalue weighted by Gasteiger charge is -2.38. The number of nitrogen functional groups attached to an aromatic ring is 1. The van der Waals surface area contributed by atoms with E-state index in [0.717, 1.165) is 65.4 Å². The molecule has 1 aromatic heterocycles. The number of nitrogens with two attached hydrogens (primary N) is 1. The molecule has 0 bridgehead atoms. The summed E-state index contributed by atoms with van der Waals surface area (Å²) in [5.74, 6) is -1.53. The summed E-state index contributed by atoms with van der Waals surface area (Å²) in [6.07, 6.45) is 2.86. The summed E-state index contributed by atoms with van der Waals surface area (Å²) in [6.45, 7) is 5.34. The molecule has 48 heavy (non-hydrogen) atoms. The SMILES string of the molecule is Cc1ccc(C(CC(=O)O)N(Cc2cccc(-c3ccc(N4CCN(c5ccc(F)cc5)CC4)c(N)c3)c2)C(=O)c2cccnc2)cc1. The third-order valence-electron chi connectivity index (χ3n) is 8.83. The van der Waals surface area contributed by atoms with Crippen molar-refractivity contribution < 1.29 is 19.1 Å². The highest BCUT2D eigenvalue weighted by Gasteiger charge is 2.29. The Kier molecular flexibility index (Phi) is 9.66. The van der Waals surface area contributed by atoms with Crippen molar-refractivity contribution in [2.24, 2.45) is 0 Å². The normalized spacial score (nSPS) is 13.6. The smallest absolute Gasteiger partial charge is 0.305 e. The summed E-state index contributed by atoms with van der Waals surface area (Å²) >= 11 is 0. The first kappa shape index (κ1) is 32.2. The molecule has 244 valence electrons. The standard InChI is InChI=1S/C39H38FN5O3/c1-27-7-9-29(10-8-27)37(24-38(46)47)45(39(48)32-6-3-17-42-25-32)26-28-4-2-5-30(22-28)31-11-16-36(35(41)23-31)44-20-18-43(19-21-44)34-14-12-33(40)13-15-34/h2-17,22-23,25,37H,18-21,24,26,41H2,1H3,(H,46,47). The number of aryl methyl sites for hydroxylation is 1. The van der Waals surface area contributed by atoms with Gasteiger partial charge in [0.05, 0.1) is 29.4 Å². The monoisotopic (exact) mass is 643 g/mol. The minimum atomic E-state index is -0.995. The predicted molar refractivity (Wildman–Crippen MR) is 187 cm³/mol. The minimum Gasteiger partial charge on any atom is -0.481 e. The van der Waals surface area contributed by atoms with Crippen LogP contribution in [0.5, 0.6) is 0 Å². The van der Waals surface area contributed by atoms with Crippen LogP contribution >= 0.6 is 0 Å². The number of aromatic nitrogens is 1. The number of amides is 1. The second kappa shape index (κ2) is 14.4. The first-order chi connectivity index (χ1) is 23.2. The molecule has 1 unspecified atom stereocenters. The average Bonchev–Trinajstić information content (AvgIpc) is 3.11. The van der Waals surface area contributed by atoms with Crippen LogP contribution in [0.15, 0.2) is 116 Å². The fourth-order valence-electron chi connectivity index (χ4n) is 6.27. The molecule has 8 nitrogen and oxygen atoms in total. The fraction of sp³-hybridized carbons (Fsp3) is 0.205. The van der Waals surface area contributed by atoms with Crippen LogP contribution in [0.25, 0.3) is 11.1 Å². The van der Waals surface area contributed by atoms with Gasteiger partial charge in [0.2, 0.25) is 0 Å². The second-order valence-corrected chi connectivity index (χ2v) is 12.1. The molecule has 1 atom stereocenters. The van der Waals surface area contributed by atoms with Crippen LogP contribution in [0.1, 0.15) is 39.5 Å². The Bertz CT molecular complexity index is 1880. The van der Waals surface area contributed by atoms with E-state index in [1.807, 2.05) is 79.7 Å². The molecule has 0 radical (unpaired) electrons. The number of hydrogen-bond donors (Lipinski definition) is 2. The number of rotatable bonds is 10. The van der Waals surface area contributed by atoms with Gasteiger partial charge in [-0.15, -0.1) is 0 Å². The number of anilines is 3. The molecule has 1 aliphatic heterocycles. The van der Waals surface area contributed by atoms with Crippen molar-refractivity contribution in [1.29, 1.82) is 0 Å². The van der Waals surface area contributed by atoms with Gasteiger partial charge < -0.3 is 25.5 Å². The maximum atomic E-state index is 14.0. The highest BCUT2D eigenvalue weighted by atomic mass is 19.1. The zero-order chi connectivity index (χ0) is 33.6. The Morgan fingerprint density at radius 3 is 2.25 bits per heavy atom. The number of carbonyl (C=O) groups excluding carboxylic acids is 1. The number of pyridine rings is 1. The second-order valence-electron chi connectivity index (χ2n) is 12.1. The molecule has 0 spiro atoms. The van der Waals surface area contributed by atoms with Gasteiger partial charge in [0, 0.05) is 50.8 Å². The van der Waals surface area contributed by atoms with Gasteiger partial charge in [0.1, 0.15) is 5.82 Å². The van der Waals surface area contributed by atoms with Gasteiger partial charge in [0.15, 0.2) is 0 Å². The zero-order valence-corrected chi connectivity index (χ0v) is 26.8. The van der Waals surface area contributed by atoms with Gasteiger partial charge in [-0.25, -0.2) is 4.39 Å². The van der Waals surface area contributed by atoms with Gasteiger partial charge in [-0.1, -0.05) is 54.1 Å². The molecule has 6 rings (SSSR count). The Labute approximate surface area is 279 Å². The van der Waals surface area contributed by atoms with Gasteiger partial charge in [-0.05, 0) is 83.8 Å². The van der Waals surface area contributed by atoms with Crippen LogP contribution in [0.3, 0.4) is 0 Å². The number of halogens is 1. The Morgan fingerprint density at radius 1 is 0.875 bits per heavy atom. The summed E-state index contributed by atoms with van der Waals surface area (Å²) < 4.78 is 13.4. The van der Waals surface area contributed by atoms with E-state index in [4.69, 9.17) is 5.73 Å². The third kappa shape index (κ3) is 7.47. The van der Waals surface area contributed by atoms with Crippen molar-refractivity contribution >= 4 is 28.9 Å². The zero-order valence-electron chi connectivity index (χ0n) is 26.8. The number of piperazine rings is 1. The number of benzene rings is 4. The van der Waals surface area contributed by atoms with Crippen LogP contribution < -0.4 is 15.5 Å². The number of carboxylic acid groups (broad SMARTS) is 1. The summed E-state index contributed by atoms with van der Waals surface area (Å²) in [5, 5.41) is 9.90. The molecule has 5 aromatic rings. The van der Waals surface area contributed by atoms with Crippen LogP contribution in [0.4, 0.5) is 21.5 Å². The first-order valence-electron chi connectivity index (χ1n) is 16.0. The highest BCUT2D eigenvalue weighted by Crippen LogP contribution is 2.33. The summed E-state index contributed by atoms with van der Waals surface area (Å²) in [7, 11) is 0. The van der Waals surface area contributed by atoms with E-state index in [1.54, 1.807) is 23.2 Å². The van der Waals surface area contributed by atoms with E-state index in [2.05, 4.69) is 20.9 Å². The van der Waals surface area contributed by atoms with Crippen LogP contribution in [0.2, 0.25) is 0 Å². The largest absolute Gasteiger partial charge is 0.481 e. The maximum absolute atomic E-state index is 14.0. The number of aliphatic carboxylic acids is 1. The van der Waals surface area contributed by atoms with E-state index in [0.29, 0.717) is 11.3 Å². The first-order valence-corrected chi connectivity index (χ1v) is 16.0. The van der Waals surface area contributed by atoms with Gasteiger partial charge >= 0.3 is 5.97 Å². The predicted octanol–water partition coefficient (Wildman–Crippen LogP) is 6.96. The van der Waals surface area contributed by atoms with Gasteiger partial charge in [-0.3, -0.25) is 14.6 Å². The molecule has 1 amide bonds. The van der Waals surface area contributed by atoms with Gasteiger partial charge in [-0.2, -0.15) is 0 Å². The average molecular weight is 644 g/mol. The summed E-state index contributed by atoms with van der Waals surface area (Å²) in [4.78, 5) is 36.3. The lowest BCUT2D eigenvalue weighted by atomic mass is 9.97. The lowest BCUT2D eigenvalue weighted by Crippen LogP contribution is -2.46. The van der Waals surface area contributed by atoms with Crippen molar-refractivity contribution in [3.05, 3.63) is 144 Å². The lowest BCUT2D eigenvalue weighted by molar-refractivity contribution is -0.138.